The zero-order valence-electron chi connectivity index (χ0n) is 7.84. The molecule has 0 amide bonds. The van der Waals surface area contributed by atoms with Crippen LogP contribution in [-0.4, -0.2) is 24.8 Å². The Labute approximate surface area is 77.4 Å². The number of carbonyl (C=O) groups is 2. The second-order valence-electron chi connectivity index (χ2n) is 4.04. The van der Waals surface area contributed by atoms with Crippen molar-refractivity contribution in [3.63, 3.8) is 0 Å². The lowest BCUT2D eigenvalue weighted by atomic mass is 9.58. The van der Waals surface area contributed by atoms with Gasteiger partial charge in [-0.3, -0.25) is 9.59 Å². The Morgan fingerprint density at radius 1 is 1.23 bits per heavy atom. The molecule has 2 fully saturated rings. The summed E-state index contributed by atoms with van der Waals surface area (Å²) in [7, 11) is 1.69. The van der Waals surface area contributed by atoms with E-state index in [9.17, 15) is 9.59 Å². The summed E-state index contributed by atoms with van der Waals surface area (Å²) in [6.07, 6.45) is 3.57. The molecule has 0 atom stereocenters. The first-order valence-electron chi connectivity index (χ1n) is 4.78. The fourth-order valence-corrected chi connectivity index (χ4v) is 2.41. The van der Waals surface area contributed by atoms with E-state index in [1.165, 1.54) is 0 Å². The maximum atomic E-state index is 11.4. The second-order valence-corrected chi connectivity index (χ2v) is 4.04. The number of ketones is 2. The van der Waals surface area contributed by atoms with E-state index in [1.54, 1.807) is 7.11 Å². The van der Waals surface area contributed by atoms with Crippen molar-refractivity contribution in [3.05, 3.63) is 0 Å². The predicted molar refractivity (Wildman–Crippen MR) is 46.3 cm³/mol. The lowest BCUT2D eigenvalue weighted by Crippen LogP contribution is -2.53. The summed E-state index contributed by atoms with van der Waals surface area (Å²) < 4.78 is 5.20. The molecular weight excluding hydrogens is 168 g/mol. The third kappa shape index (κ3) is 1.14. The van der Waals surface area contributed by atoms with Gasteiger partial charge < -0.3 is 4.74 Å². The third-order valence-electron chi connectivity index (χ3n) is 3.51. The molecule has 0 aromatic heterocycles. The molecule has 2 aliphatic rings. The molecule has 0 N–H and O–H groups in total. The van der Waals surface area contributed by atoms with Gasteiger partial charge in [-0.2, -0.15) is 0 Å². The number of ether oxygens (including phenoxy) is 1. The lowest BCUT2D eigenvalue weighted by Gasteiger charge is -2.42. The Morgan fingerprint density at radius 2 is 1.77 bits per heavy atom. The van der Waals surface area contributed by atoms with E-state index in [1.807, 2.05) is 0 Å². The van der Waals surface area contributed by atoms with Crippen molar-refractivity contribution in [2.75, 3.05) is 7.11 Å². The number of methoxy groups -OCH3 is 1. The van der Waals surface area contributed by atoms with Crippen LogP contribution in [0.4, 0.5) is 0 Å². The van der Waals surface area contributed by atoms with Crippen LogP contribution in [-0.2, 0) is 14.3 Å². The van der Waals surface area contributed by atoms with E-state index < -0.39 is 5.41 Å². The summed E-state index contributed by atoms with van der Waals surface area (Å²) in [5.74, 6) is 0.319. The third-order valence-corrected chi connectivity index (χ3v) is 3.51. The van der Waals surface area contributed by atoms with Crippen LogP contribution in [0.3, 0.4) is 0 Å². The molecule has 0 bridgehead atoms. The van der Waals surface area contributed by atoms with Crippen LogP contribution in [0.2, 0.25) is 0 Å². The molecule has 3 heteroatoms. The number of Topliss-reactive ketones (excluding diaryl/α,β-unsaturated/α-hetero) is 2. The van der Waals surface area contributed by atoms with Gasteiger partial charge in [-0.05, 0) is 25.7 Å². The zero-order valence-corrected chi connectivity index (χ0v) is 7.84. The second kappa shape index (κ2) is 2.91. The maximum Gasteiger partial charge on any atom is 0.153 e. The molecule has 2 aliphatic carbocycles. The quantitative estimate of drug-likeness (QED) is 0.570. The number of hydrogen-bond donors (Lipinski definition) is 0. The van der Waals surface area contributed by atoms with Crippen molar-refractivity contribution in [3.8, 4) is 0 Å². The highest BCUT2D eigenvalue weighted by Crippen LogP contribution is 2.46. The minimum Gasteiger partial charge on any atom is -0.381 e. The fraction of sp³-hybridized carbons (Fsp3) is 0.800. The molecule has 0 aromatic carbocycles. The normalized spacial score (nSPS) is 27.8. The van der Waals surface area contributed by atoms with Crippen LogP contribution in [0.1, 0.15) is 32.1 Å². The molecule has 13 heavy (non-hydrogen) atoms. The molecule has 0 heterocycles. The molecular formula is C10H14O3. The highest BCUT2D eigenvalue weighted by atomic mass is 16.5. The molecule has 2 rings (SSSR count). The van der Waals surface area contributed by atoms with Crippen LogP contribution >= 0.6 is 0 Å². The van der Waals surface area contributed by atoms with E-state index in [0.717, 1.165) is 12.8 Å². The molecule has 3 nitrogen and oxygen atoms in total. The van der Waals surface area contributed by atoms with Gasteiger partial charge >= 0.3 is 0 Å². The summed E-state index contributed by atoms with van der Waals surface area (Å²) in [6, 6.07) is 0. The number of carbonyl (C=O) groups excluding carboxylic acids is 2. The molecule has 0 saturated heterocycles. The highest BCUT2D eigenvalue weighted by Gasteiger charge is 2.55. The molecule has 0 radical (unpaired) electrons. The van der Waals surface area contributed by atoms with Crippen LogP contribution in [0.25, 0.3) is 0 Å². The Morgan fingerprint density at radius 3 is 2.15 bits per heavy atom. The van der Waals surface area contributed by atoms with Crippen molar-refractivity contribution in [1.29, 1.82) is 0 Å². The molecule has 72 valence electrons. The summed E-state index contributed by atoms with van der Waals surface area (Å²) in [6.45, 7) is 0. The van der Waals surface area contributed by atoms with E-state index >= 15 is 0 Å². The Hall–Kier alpha value is -0.700. The molecule has 0 unspecified atom stereocenters. The standard InChI is InChI=1S/C10H14O3/c1-13-7-2-4-10(5-3-7)8(11)6-9(10)12/h7H,2-6H2,1H3. The van der Waals surface area contributed by atoms with Crippen molar-refractivity contribution in [1.82, 2.24) is 0 Å². The maximum absolute atomic E-state index is 11.4. The van der Waals surface area contributed by atoms with Gasteiger partial charge in [-0.1, -0.05) is 0 Å². The summed E-state index contributed by atoms with van der Waals surface area (Å²) in [5.41, 5.74) is -0.560. The smallest absolute Gasteiger partial charge is 0.153 e. The summed E-state index contributed by atoms with van der Waals surface area (Å²) in [4.78, 5) is 22.7. The van der Waals surface area contributed by atoms with Gasteiger partial charge in [0, 0.05) is 7.11 Å². The highest BCUT2D eigenvalue weighted by molar-refractivity contribution is 6.24. The zero-order chi connectivity index (χ0) is 9.47. The van der Waals surface area contributed by atoms with Gasteiger partial charge in [0.1, 0.15) is 0 Å². The first-order chi connectivity index (χ1) is 6.19. The molecule has 2 saturated carbocycles. The Bertz CT molecular complexity index is 233. The van der Waals surface area contributed by atoms with Crippen LogP contribution in [0.5, 0.6) is 0 Å². The van der Waals surface area contributed by atoms with Crippen molar-refractivity contribution in [2.45, 2.75) is 38.2 Å². The lowest BCUT2D eigenvalue weighted by molar-refractivity contribution is -0.157. The van der Waals surface area contributed by atoms with Gasteiger partial charge in [-0.15, -0.1) is 0 Å². The van der Waals surface area contributed by atoms with Gasteiger partial charge in [0.25, 0.3) is 0 Å². The SMILES string of the molecule is COC1CCC2(CC1)C(=O)CC2=O. The summed E-state index contributed by atoms with van der Waals surface area (Å²) >= 11 is 0. The minimum atomic E-state index is -0.560. The van der Waals surface area contributed by atoms with E-state index in [2.05, 4.69) is 0 Å². The Balaban J connectivity index is 2.04. The first-order valence-corrected chi connectivity index (χ1v) is 4.78. The largest absolute Gasteiger partial charge is 0.381 e. The fourth-order valence-electron chi connectivity index (χ4n) is 2.41. The van der Waals surface area contributed by atoms with Crippen molar-refractivity contribution >= 4 is 11.6 Å². The van der Waals surface area contributed by atoms with Gasteiger partial charge in [0.05, 0.1) is 17.9 Å². The average Bonchev–Trinajstić information content (AvgIpc) is 2.18. The van der Waals surface area contributed by atoms with Crippen molar-refractivity contribution < 1.29 is 14.3 Å². The van der Waals surface area contributed by atoms with Crippen LogP contribution in [0, 0.1) is 5.41 Å². The monoisotopic (exact) mass is 182 g/mol. The van der Waals surface area contributed by atoms with Crippen molar-refractivity contribution in [2.24, 2.45) is 5.41 Å². The molecule has 0 aliphatic heterocycles. The summed E-state index contributed by atoms with van der Waals surface area (Å²) in [5, 5.41) is 0. The van der Waals surface area contributed by atoms with Crippen LogP contribution < -0.4 is 0 Å². The van der Waals surface area contributed by atoms with E-state index in [0.29, 0.717) is 12.8 Å². The predicted octanol–water partition coefficient (Wildman–Crippen LogP) is 1.10. The Kier molecular flexibility index (Phi) is 1.99. The number of hydrogen-bond acceptors (Lipinski definition) is 3. The van der Waals surface area contributed by atoms with Gasteiger partial charge in [-0.25, -0.2) is 0 Å². The topological polar surface area (TPSA) is 43.4 Å². The first kappa shape index (κ1) is 8.88. The number of rotatable bonds is 1. The molecule has 0 aromatic rings. The van der Waals surface area contributed by atoms with E-state index in [-0.39, 0.29) is 24.1 Å². The average molecular weight is 182 g/mol. The van der Waals surface area contributed by atoms with Gasteiger partial charge in [0.2, 0.25) is 0 Å². The van der Waals surface area contributed by atoms with Gasteiger partial charge in [0.15, 0.2) is 11.6 Å². The van der Waals surface area contributed by atoms with E-state index in [4.69, 9.17) is 4.74 Å². The minimum absolute atomic E-state index is 0.159. The van der Waals surface area contributed by atoms with Crippen LogP contribution in [0.15, 0.2) is 0 Å². The molecule has 1 spiro atoms.